The van der Waals surface area contributed by atoms with Gasteiger partial charge in [0.15, 0.2) is 11.6 Å². The first-order chi connectivity index (χ1) is 9.04. The van der Waals surface area contributed by atoms with Crippen LogP contribution in [0.15, 0.2) is 40.9 Å². The van der Waals surface area contributed by atoms with Crippen molar-refractivity contribution in [2.75, 3.05) is 7.11 Å². The van der Waals surface area contributed by atoms with Crippen LogP contribution in [0.2, 0.25) is 0 Å². The molecule has 2 nitrogen and oxygen atoms in total. The van der Waals surface area contributed by atoms with E-state index in [4.69, 9.17) is 10.5 Å². The van der Waals surface area contributed by atoms with Gasteiger partial charge in [0, 0.05) is 10.0 Å². The molecule has 2 N–H and O–H groups in total. The van der Waals surface area contributed by atoms with Crippen LogP contribution in [0.3, 0.4) is 0 Å². The molecule has 0 radical (unpaired) electrons. The highest BCUT2D eigenvalue weighted by atomic mass is 79.9. The van der Waals surface area contributed by atoms with Gasteiger partial charge >= 0.3 is 0 Å². The third-order valence-electron chi connectivity index (χ3n) is 2.85. The van der Waals surface area contributed by atoms with Gasteiger partial charge in [-0.3, -0.25) is 0 Å². The van der Waals surface area contributed by atoms with Crippen LogP contribution in [0.4, 0.5) is 8.78 Å². The third-order valence-corrected chi connectivity index (χ3v) is 3.53. The standard InChI is InChI=1S/C14H12BrF2NO/c1-19-12-4-2-3-10(13(12)17)14(18)9-6-5-8(16)7-11(9)15/h2-7,14H,18H2,1H3. The first-order valence-corrected chi connectivity index (χ1v) is 6.37. The molecule has 5 heteroatoms. The minimum atomic E-state index is -0.704. The molecule has 0 aliphatic rings. The van der Waals surface area contributed by atoms with Crippen LogP contribution in [0, 0.1) is 11.6 Å². The molecule has 2 aromatic rings. The van der Waals surface area contributed by atoms with E-state index < -0.39 is 11.9 Å². The Bertz CT molecular complexity index is 604. The summed E-state index contributed by atoms with van der Waals surface area (Å²) in [5, 5.41) is 0. The maximum absolute atomic E-state index is 14.1. The van der Waals surface area contributed by atoms with Gasteiger partial charge in [-0.15, -0.1) is 0 Å². The van der Waals surface area contributed by atoms with Crippen LogP contribution in [-0.4, -0.2) is 7.11 Å². The van der Waals surface area contributed by atoms with Crippen LogP contribution in [0.5, 0.6) is 5.75 Å². The minimum Gasteiger partial charge on any atom is -0.494 e. The summed E-state index contributed by atoms with van der Waals surface area (Å²) in [7, 11) is 1.39. The first-order valence-electron chi connectivity index (χ1n) is 5.57. The SMILES string of the molecule is COc1cccc(C(N)c2ccc(F)cc2Br)c1F. The molecule has 0 aliphatic heterocycles. The fourth-order valence-corrected chi connectivity index (χ4v) is 2.44. The summed E-state index contributed by atoms with van der Waals surface area (Å²) in [6.07, 6.45) is 0. The van der Waals surface area contributed by atoms with Gasteiger partial charge in [-0.1, -0.05) is 34.1 Å². The van der Waals surface area contributed by atoms with E-state index in [9.17, 15) is 8.78 Å². The van der Waals surface area contributed by atoms with Crippen molar-refractivity contribution in [3.8, 4) is 5.75 Å². The van der Waals surface area contributed by atoms with Gasteiger partial charge in [0.1, 0.15) is 5.82 Å². The largest absolute Gasteiger partial charge is 0.494 e. The average molecular weight is 328 g/mol. The van der Waals surface area contributed by atoms with Gasteiger partial charge in [0.2, 0.25) is 0 Å². The zero-order chi connectivity index (χ0) is 14.0. The molecule has 0 aromatic heterocycles. The normalized spacial score (nSPS) is 12.3. The van der Waals surface area contributed by atoms with Gasteiger partial charge in [-0.25, -0.2) is 8.78 Å². The molecule has 2 aromatic carbocycles. The molecule has 1 unspecified atom stereocenters. The van der Waals surface area contributed by atoms with Crippen LogP contribution < -0.4 is 10.5 Å². The molecule has 0 saturated carbocycles. The molecule has 1 atom stereocenters. The van der Waals surface area contributed by atoms with E-state index in [1.807, 2.05) is 0 Å². The summed E-state index contributed by atoms with van der Waals surface area (Å²) in [6.45, 7) is 0. The molecular weight excluding hydrogens is 316 g/mol. The Morgan fingerprint density at radius 1 is 1.16 bits per heavy atom. The molecular formula is C14H12BrF2NO. The first kappa shape index (κ1) is 14.0. The van der Waals surface area contributed by atoms with Crippen molar-refractivity contribution >= 4 is 15.9 Å². The van der Waals surface area contributed by atoms with E-state index in [2.05, 4.69) is 15.9 Å². The highest BCUT2D eigenvalue weighted by molar-refractivity contribution is 9.10. The number of methoxy groups -OCH3 is 1. The van der Waals surface area contributed by atoms with E-state index >= 15 is 0 Å². The monoisotopic (exact) mass is 327 g/mol. The quantitative estimate of drug-likeness (QED) is 0.931. The summed E-state index contributed by atoms with van der Waals surface area (Å²) >= 11 is 3.23. The van der Waals surface area contributed by atoms with Crippen LogP contribution in [0.25, 0.3) is 0 Å². The molecule has 0 aliphatic carbocycles. The fraction of sp³-hybridized carbons (Fsp3) is 0.143. The van der Waals surface area contributed by atoms with Crippen LogP contribution >= 0.6 is 15.9 Å². The molecule has 0 amide bonds. The second-order valence-corrected chi connectivity index (χ2v) is 4.86. The number of ether oxygens (including phenoxy) is 1. The second-order valence-electron chi connectivity index (χ2n) is 4.01. The molecule has 0 heterocycles. The van der Waals surface area contributed by atoms with E-state index in [1.165, 1.54) is 31.4 Å². The van der Waals surface area contributed by atoms with E-state index in [0.29, 0.717) is 15.6 Å². The number of hydrogen-bond donors (Lipinski definition) is 1. The zero-order valence-electron chi connectivity index (χ0n) is 10.2. The Kier molecular flexibility index (Phi) is 4.17. The van der Waals surface area contributed by atoms with E-state index in [-0.39, 0.29) is 11.6 Å². The van der Waals surface area contributed by atoms with Gasteiger partial charge in [-0.2, -0.15) is 0 Å². The summed E-state index contributed by atoms with van der Waals surface area (Å²) in [5.41, 5.74) is 6.95. The fourth-order valence-electron chi connectivity index (χ4n) is 1.85. The Morgan fingerprint density at radius 2 is 1.89 bits per heavy atom. The topological polar surface area (TPSA) is 35.2 Å². The lowest BCUT2D eigenvalue weighted by Gasteiger charge is -2.16. The summed E-state index contributed by atoms with van der Waals surface area (Å²) < 4.78 is 32.6. The molecule has 19 heavy (non-hydrogen) atoms. The van der Waals surface area contributed by atoms with E-state index in [0.717, 1.165) is 0 Å². The van der Waals surface area contributed by atoms with Crippen molar-refractivity contribution in [1.29, 1.82) is 0 Å². The molecule has 0 fully saturated rings. The Hall–Kier alpha value is -1.46. The second kappa shape index (κ2) is 5.67. The highest BCUT2D eigenvalue weighted by Crippen LogP contribution is 2.31. The van der Waals surface area contributed by atoms with Gasteiger partial charge in [-0.05, 0) is 23.8 Å². The Morgan fingerprint density at radius 3 is 2.53 bits per heavy atom. The maximum atomic E-state index is 14.1. The van der Waals surface area contributed by atoms with Crippen molar-refractivity contribution in [3.63, 3.8) is 0 Å². The van der Waals surface area contributed by atoms with Crippen molar-refractivity contribution in [3.05, 3.63) is 63.6 Å². The van der Waals surface area contributed by atoms with E-state index in [1.54, 1.807) is 12.1 Å². The lowest BCUT2D eigenvalue weighted by molar-refractivity contribution is 0.383. The third kappa shape index (κ3) is 2.77. The average Bonchev–Trinajstić information content (AvgIpc) is 2.38. The number of halogens is 3. The number of benzene rings is 2. The minimum absolute atomic E-state index is 0.131. The van der Waals surface area contributed by atoms with Gasteiger partial charge < -0.3 is 10.5 Å². The summed E-state index contributed by atoms with van der Waals surface area (Å²) in [4.78, 5) is 0. The Labute approximate surface area is 118 Å². The zero-order valence-corrected chi connectivity index (χ0v) is 11.7. The van der Waals surface area contributed by atoms with Crippen molar-refractivity contribution < 1.29 is 13.5 Å². The lowest BCUT2D eigenvalue weighted by atomic mass is 9.99. The number of hydrogen-bond acceptors (Lipinski definition) is 2. The van der Waals surface area contributed by atoms with Crippen molar-refractivity contribution in [1.82, 2.24) is 0 Å². The van der Waals surface area contributed by atoms with Crippen molar-refractivity contribution in [2.45, 2.75) is 6.04 Å². The summed E-state index contributed by atoms with van der Waals surface area (Å²) in [6, 6.07) is 8.18. The molecule has 0 saturated heterocycles. The van der Waals surface area contributed by atoms with Crippen LogP contribution in [0.1, 0.15) is 17.2 Å². The molecule has 0 spiro atoms. The molecule has 100 valence electrons. The molecule has 2 rings (SSSR count). The predicted molar refractivity (Wildman–Crippen MR) is 73.1 cm³/mol. The van der Waals surface area contributed by atoms with Crippen LogP contribution in [-0.2, 0) is 0 Å². The predicted octanol–water partition coefficient (Wildman–Crippen LogP) is 3.78. The van der Waals surface area contributed by atoms with Crippen molar-refractivity contribution in [2.24, 2.45) is 5.73 Å². The molecule has 0 bridgehead atoms. The van der Waals surface area contributed by atoms with Gasteiger partial charge in [0.25, 0.3) is 0 Å². The highest BCUT2D eigenvalue weighted by Gasteiger charge is 2.18. The number of rotatable bonds is 3. The maximum Gasteiger partial charge on any atom is 0.170 e. The van der Waals surface area contributed by atoms with Gasteiger partial charge in [0.05, 0.1) is 13.2 Å². The number of nitrogens with two attached hydrogens (primary N) is 1. The Balaban J connectivity index is 2.47. The lowest BCUT2D eigenvalue weighted by Crippen LogP contribution is -2.14. The smallest absolute Gasteiger partial charge is 0.170 e. The summed E-state index contributed by atoms with van der Waals surface area (Å²) in [5.74, 6) is -0.756.